The van der Waals surface area contributed by atoms with Crippen molar-refractivity contribution in [3.05, 3.63) is 0 Å². The van der Waals surface area contributed by atoms with E-state index in [1.807, 2.05) is 0 Å². The second-order valence-corrected chi connectivity index (χ2v) is 8.00. The van der Waals surface area contributed by atoms with Crippen molar-refractivity contribution in [1.82, 2.24) is 10.2 Å². The molecule has 120 valence electrons. The Morgan fingerprint density at radius 2 is 1.75 bits per heavy atom. The Morgan fingerprint density at radius 3 is 2.35 bits per heavy atom. The van der Waals surface area contributed by atoms with E-state index in [2.05, 4.69) is 44.8 Å². The number of rotatable bonds is 8. The normalized spacial score (nSPS) is 25.1. The lowest BCUT2D eigenvalue weighted by Crippen LogP contribution is -2.50. The van der Waals surface area contributed by atoms with Crippen molar-refractivity contribution in [3.8, 4) is 0 Å². The average molecular weight is 283 g/mol. The van der Waals surface area contributed by atoms with Crippen LogP contribution >= 0.6 is 0 Å². The molecule has 0 amide bonds. The Hall–Kier alpha value is -0.0800. The average Bonchev–Trinajstić information content (AvgIpc) is 2.40. The van der Waals surface area contributed by atoms with E-state index in [1.54, 1.807) is 0 Å². The minimum Gasteiger partial charge on any atom is -0.312 e. The maximum Gasteiger partial charge on any atom is 0.0198 e. The van der Waals surface area contributed by atoms with Gasteiger partial charge in [-0.15, -0.1) is 0 Å². The van der Waals surface area contributed by atoms with Gasteiger partial charge in [0.25, 0.3) is 0 Å². The molecular formula is C18H38N2. The van der Waals surface area contributed by atoms with Crippen molar-refractivity contribution < 1.29 is 0 Å². The highest BCUT2D eigenvalue weighted by Crippen LogP contribution is 2.23. The van der Waals surface area contributed by atoms with Crippen molar-refractivity contribution in [1.29, 1.82) is 0 Å². The molecule has 0 saturated carbocycles. The van der Waals surface area contributed by atoms with Gasteiger partial charge in [0.1, 0.15) is 0 Å². The number of unbranched alkanes of at least 4 members (excludes halogenated alkanes) is 2. The van der Waals surface area contributed by atoms with Gasteiger partial charge >= 0.3 is 0 Å². The predicted molar refractivity (Wildman–Crippen MR) is 90.2 cm³/mol. The van der Waals surface area contributed by atoms with Gasteiger partial charge in [0, 0.05) is 25.7 Å². The summed E-state index contributed by atoms with van der Waals surface area (Å²) >= 11 is 0. The summed E-state index contributed by atoms with van der Waals surface area (Å²) in [5.74, 6) is 0.915. The van der Waals surface area contributed by atoms with Crippen LogP contribution in [0.2, 0.25) is 0 Å². The topological polar surface area (TPSA) is 15.3 Å². The van der Waals surface area contributed by atoms with Crippen LogP contribution in [0.4, 0.5) is 0 Å². The fourth-order valence-corrected chi connectivity index (χ4v) is 3.17. The Kier molecular flexibility index (Phi) is 8.13. The second kappa shape index (κ2) is 9.04. The number of hydrogen-bond donors (Lipinski definition) is 1. The maximum absolute atomic E-state index is 3.83. The summed E-state index contributed by atoms with van der Waals surface area (Å²) in [4.78, 5) is 2.72. The van der Waals surface area contributed by atoms with Crippen molar-refractivity contribution in [2.45, 2.75) is 79.2 Å². The zero-order chi connectivity index (χ0) is 15.0. The zero-order valence-corrected chi connectivity index (χ0v) is 14.7. The summed E-state index contributed by atoms with van der Waals surface area (Å²) in [7, 11) is 0. The summed E-state index contributed by atoms with van der Waals surface area (Å²) in [6.07, 6.45) is 8.22. The van der Waals surface area contributed by atoms with Crippen molar-refractivity contribution in [3.63, 3.8) is 0 Å². The number of hydrogen-bond acceptors (Lipinski definition) is 2. The molecule has 0 aromatic rings. The maximum atomic E-state index is 3.83. The van der Waals surface area contributed by atoms with E-state index in [4.69, 9.17) is 0 Å². The van der Waals surface area contributed by atoms with Crippen LogP contribution in [0.15, 0.2) is 0 Å². The molecule has 0 spiro atoms. The molecule has 1 rings (SSSR count). The summed E-state index contributed by atoms with van der Waals surface area (Å²) in [5.41, 5.74) is 0.393. The Labute approximate surface area is 127 Å². The summed E-state index contributed by atoms with van der Waals surface area (Å²) < 4.78 is 0. The van der Waals surface area contributed by atoms with E-state index in [-0.39, 0.29) is 0 Å². The molecule has 1 N–H and O–H groups in total. The number of likely N-dealkylation sites (tertiary alicyclic amines) is 1. The molecule has 1 fully saturated rings. The minimum absolute atomic E-state index is 0.393. The highest BCUT2D eigenvalue weighted by Gasteiger charge is 2.27. The lowest BCUT2D eigenvalue weighted by molar-refractivity contribution is 0.127. The minimum atomic E-state index is 0.393. The van der Waals surface area contributed by atoms with Gasteiger partial charge < -0.3 is 10.2 Å². The third-order valence-corrected chi connectivity index (χ3v) is 4.33. The van der Waals surface area contributed by atoms with E-state index in [9.17, 15) is 0 Å². The molecule has 0 aromatic heterocycles. The first-order valence-corrected chi connectivity index (χ1v) is 8.90. The Bertz CT molecular complexity index is 228. The molecule has 1 heterocycles. The second-order valence-electron chi connectivity index (χ2n) is 8.00. The van der Waals surface area contributed by atoms with Gasteiger partial charge in [-0.3, -0.25) is 0 Å². The fraction of sp³-hybridized carbons (Fsp3) is 1.00. The van der Waals surface area contributed by atoms with Gasteiger partial charge in [-0.1, -0.05) is 53.9 Å². The van der Waals surface area contributed by atoms with Crippen LogP contribution in [0.1, 0.15) is 73.1 Å². The highest BCUT2D eigenvalue weighted by atomic mass is 15.2. The molecule has 1 aliphatic heterocycles. The van der Waals surface area contributed by atoms with Crippen LogP contribution in [0.5, 0.6) is 0 Å². The van der Waals surface area contributed by atoms with Gasteiger partial charge in [0.05, 0.1) is 0 Å². The summed E-state index contributed by atoms with van der Waals surface area (Å²) in [5, 5.41) is 3.83. The molecule has 2 atom stereocenters. The first kappa shape index (κ1) is 18.0. The molecule has 1 saturated heterocycles. The summed E-state index contributed by atoms with van der Waals surface area (Å²) in [6.45, 7) is 16.6. The quantitative estimate of drug-likeness (QED) is 0.714. The van der Waals surface area contributed by atoms with Crippen LogP contribution in [0.3, 0.4) is 0 Å². The number of nitrogens with one attached hydrogen (secondary N) is 1. The van der Waals surface area contributed by atoms with Crippen molar-refractivity contribution >= 4 is 0 Å². The van der Waals surface area contributed by atoms with Crippen LogP contribution < -0.4 is 5.32 Å². The standard InChI is InChI=1S/C18H38N2/c1-6-8-10-16-12-17(19-15-18(3,4)5)14-20(13-16)11-9-7-2/h16-17,19H,6-15H2,1-5H3. The lowest BCUT2D eigenvalue weighted by atomic mass is 9.88. The number of piperidine rings is 1. The number of nitrogens with zero attached hydrogens (tertiary/aromatic N) is 1. The van der Waals surface area contributed by atoms with Gasteiger partial charge in [-0.2, -0.15) is 0 Å². The smallest absolute Gasteiger partial charge is 0.0198 e. The predicted octanol–water partition coefficient (Wildman–Crippen LogP) is 4.30. The molecule has 2 unspecified atom stereocenters. The molecule has 0 aromatic carbocycles. The van der Waals surface area contributed by atoms with E-state index in [0.29, 0.717) is 11.5 Å². The van der Waals surface area contributed by atoms with Gasteiger partial charge in [0.15, 0.2) is 0 Å². The highest BCUT2D eigenvalue weighted by molar-refractivity contribution is 4.84. The largest absolute Gasteiger partial charge is 0.312 e. The molecule has 0 bridgehead atoms. The molecule has 2 heteroatoms. The molecule has 0 aliphatic carbocycles. The van der Waals surface area contributed by atoms with Crippen LogP contribution in [-0.2, 0) is 0 Å². The van der Waals surface area contributed by atoms with Gasteiger partial charge in [-0.25, -0.2) is 0 Å². The Morgan fingerprint density at radius 1 is 1.05 bits per heavy atom. The van der Waals surface area contributed by atoms with Gasteiger partial charge in [-0.05, 0) is 37.1 Å². The summed E-state index contributed by atoms with van der Waals surface area (Å²) in [6, 6.07) is 0.710. The van der Waals surface area contributed by atoms with Crippen molar-refractivity contribution in [2.24, 2.45) is 11.3 Å². The van der Waals surface area contributed by atoms with Crippen LogP contribution in [0.25, 0.3) is 0 Å². The Balaban J connectivity index is 2.45. The first-order chi connectivity index (χ1) is 9.44. The third kappa shape index (κ3) is 7.64. The molecule has 0 radical (unpaired) electrons. The molecule has 2 nitrogen and oxygen atoms in total. The van der Waals surface area contributed by atoms with Gasteiger partial charge in [0.2, 0.25) is 0 Å². The third-order valence-electron chi connectivity index (χ3n) is 4.33. The molecule has 1 aliphatic rings. The van der Waals surface area contributed by atoms with Crippen molar-refractivity contribution in [2.75, 3.05) is 26.2 Å². The first-order valence-electron chi connectivity index (χ1n) is 8.90. The van der Waals surface area contributed by atoms with E-state index >= 15 is 0 Å². The van der Waals surface area contributed by atoms with E-state index < -0.39 is 0 Å². The van der Waals surface area contributed by atoms with Crippen LogP contribution in [-0.4, -0.2) is 37.1 Å². The lowest BCUT2D eigenvalue weighted by Gasteiger charge is -2.39. The van der Waals surface area contributed by atoms with E-state index in [0.717, 1.165) is 12.5 Å². The van der Waals surface area contributed by atoms with Crippen LogP contribution in [0, 0.1) is 11.3 Å². The molecule has 20 heavy (non-hydrogen) atoms. The fourth-order valence-electron chi connectivity index (χ4n) is 3.17. The molecular weight excluding hydrogens is 244 g/mol. The monoisotopic (exact) mass is 282 g/mol. The zero-order valence-electron chi connectivity index (χ0n) is 14.7. The SMILES string of the molecule is CCCCC1CC(NCC(C)(C)C)CN(CCCC)C1. The van der Waals surface area contributed by atoms with E-state index in [1.165, 1.54) is 58.2 Å².